The molecular weight excluding hydrogens is 425 g/mol. The van der Waals surface area contributed by atoms with Gasteiger partial charge in [0.25, 0.3) is 5.91 Å². The third kappa shape index (κ3) is 4.99. The highest BCUT2D eigenvalue weighted by atomic mass is 19.1. The van der Waals surface area contributed by atoms with Gasteiger partial charge in [0.2, 0.25) is 11.8 Å². The summed E-state index contributed by atoms with van der Waals surface area (Å²) in [5, 5.41) is 8.14. The lowest BCUT2D eigenvalue weighted by Crippen LogP contribution is -2.40. The van der Waals surface area contributed by atoms with Gasteiger partial charge in [0.15, 0.2) is 0 Å². The zero-order valence-corrected chi connectivity index (χ0v) is 19.0. The number of carbonyl (C=O) groups is 3. The second-order valence-electron chi connectivity index (χ2n) is 9.55. The Kier molecular flexibility index (Phi) is 6.10. The first kappa shape index (κ1) is 22.8. The first-order chi connectivity index (χ1) is 15.6. The highest BCUT2D eigenvalue weighted by molar-refractivity contribution is 5.99. The van der Waals surface area contributed by atoms with Crippen molar-refractivity contribution in [2.24, 2.45) is 5.92 Å². The fraction of sp³-hybridized carbons (Fsp3) is 0.400. The van der Waals surface area contributed by atoms with Crippen LogP contribution in [0, 0.1) is 11.7 Å². The van der Waals surface area contributed by atoms with Crippen molar-refractivity contribution >= 4 is 23.4 Å². The molecule has 3 N–H and O–H groups in total. The Morgan fingerprint density at radius 2 is 1.97 bits per heavy atom. The SMILES string of the molecule is CC(C)(C)c1ccc(NC(=O)C(NC(=O)[C@@H]2CNC(=O)C2)c2ccc3c(c2)CCO3)cc1F. The number of rotatable bonds is 5. The highest BCUT2D eigenvalue weighted by Crippen LogP contribution is 2.30. The van der Waals surface area contributed by atoms with Gasteiger partial charge in [0.05, 0.1) is 12.5 Å². The largest absolute Gasteiger partial charge is 0.493 e. The van der Waals surface area contributed by atoms with Crippen molar-refractivity contribution in [2.45, 2.75) is 45.1 Å². The van der Waals surface area contributed by atoms with Gasteiger partial charge in [-0.3, -0.25) is 14.4 Å². The molecule has 2 aliphatic rings. The van der Waals surface area contributed by atoms with E-state index in [9.17, 15) is 18.8 Å². The van der Waals surface area contributed by atoms with E-state index in [1.807, 2.05) is 26.8 Å². The van der Waals surface area contributed by atoms with Crippen LogP contribution in [0.25, 0.3) is 0 Å². The van der Waals surface area contributed by atoms with Crippen LogP contribution in [0.15, 0.2) is 36.4 Å². The molecule has 1 unspecified atom stereocenters. The van der Waals surface area contributed by atoms with E-state index in [1.54, 1.807) is 24.3 Å². The second kappa shape index (κ2) is 8.84. The standard InChI is InChI=1S/C25H28FN3O4/c1-25(2,3)18-6-5-17(12-19(18)26)28-24(32)22(29-23(31)16-11-21(30)27-13-16)15-4-7-20-14(10-15)8-9-33-20/h4-7,10,12,16,22H,8-9,11,13H2,1-3H3,(H,27,30)(H,28,32)(H,29,31)/t16-,22?/m0/s1. The Morgan fingerprint density at radius 1 is 1.18 bits per heavy atom. The average molecular weight is 454 g/mol. The lowest BCUT2D eigenvalue weighted by molar-refractivity contribution is -0.129. The van der Waals surface area contributed by atoms with E-state index in [0.29, 0.717) is 29.8 Å². The van der Waals surface area contributed by atoms with Crippen LogP contribution in [0.4, 0.5) is 10.1 Å². The first-order valence-electron chi connectivity index (χ1n) is 11.1. The molecule has 0 aliphatic carbocycles. The van der Waals surface area contributed by atoms with E-state index in [4.69, 9.17) is 4.74 Å². The van der Waals surface area contributed by atoms with Crippen molar-refractivity contribution in [3.8, 4) is 5.75 Å². The van der Waals surface area contributed by atoms with E-state index in [0.717, 1.165) is 11.3 Å². The highest BCUT2D eigenvalue weighted by Gasteiger charge is 2.32. The van der Waals surface area contributed by atoms with Crippen LogP contribution in [0.5, 0.6) is 5.75 Å². The third-order valence-electron chi connectivity index (χ3n) is 5.99. The lowest BCUT2D eigenvalue weighted by Gasteiger charge is -2.22. The van der Waals surface area contributed by atoms with Crippen molar-refractivity contribution in [3.63, 3.8) is 0 Å². The molecule has 0 spiro atoms. The number of benzene rings is 2. The van der Waals surface area contributed by atoms with Gasteiger partial charge in [-0.25, -0.2) is 4.39 Å². The molecule has 8 heteroatoms. The Balaban J connectivity index is 1.58. The summed E-state index contributed by atoms with van der Waals surface area (Å²) in [4.78, 5) is 37.6. The molecule has 2 aromatic rings. The fourth-order valence-electron chi connectivity index (χ4n) is 4.15. The molecule has 2 heterocycles. The van der Waals surface area contributed by atoms with Crippen LogP contribution in [0.1, 0.15) is 49.9 Å². The Labute approximate surface area is 192 Å². The quantitative estimate of drug-likeness (QED) is 0.649. The molecule has 33 heavy (non-hydrogen) atoms. The van der Waals surface area contributed by atoms with Crippen molar-refractivity contribution in [3.05, 3.63) is 58.9 Å². The van der Waals surface area contributed by atoms with Gasteiger partial charge in [0, 0.05) is 25.1 Å². The average Bonchev–Trinajstić information content (AvgIpc) is 3.39. The minimum absolute atomic E-state index is 0.0810. The fourth-order valence-corrected chi connectivity index (χ4v) is 4.15. The number of anilines is 1. The molecule has 1 saturated heterocycles. The molecule has 3 amide bonds. The maximum absolute atomic E-state index is 14.6. The number of ether oxygens (including phenoxy) is 1. The minimum Gasteiger partial charge on any atom is -0.493 e. The summed E-state index contributed by atoms with van der Waals surface area (Å²) >= 11 is 0. The number of carbonyl (C=O) groups excluding carboxylic acids is 3. The number of amides is 3. The lowest BCUT2D eigenvalue weighted by atomic mass is 9.86. The molecule has 7 nitrogen and oxygen atoms in total. The van der Waals surface area contributed by atoms with Crippen LogP contribution >= 0.6 is 0 Å². The van der Waals surface area contributed by atoms with Crippen molar-refractivity contribution in [1.82, 2.24) is 10.6 Å². The molecule has 0 bridgehead atoms. The molecule has 0 saturated carbocycles. The molecule has 0 radical (unpaired) electrons. The smallest absolute Gasteiger partial charge is 0.251 e. The van der Waals surface area contributed by atoms with Gasteiger partial charge in [-0.15, -0.1) is 0 Å². The molecule has 1 fully saturated rings. The summed E-state index contributed by atoms with van der Waals surface area (Å²) in [5.41, 5.74) is 2.02. The Hall–Kier alpha value is -3.42. The maximum atomic E-state index is 14.6. The second-order valence-corrected chi connectivity index (χ2v) is 9.55. The Bertz CT molecular complexity index is 1110. The number of halogens is 1. The van der Waals surface area contributed by atoms with Crippen molar-refractivity contribution in [1.29, 1.82) is 0 Å². The molecule has 174 valence electrons. The van der Waals surface area contributed by atoms with E-state index in [2.05, 4.69) is 16.0 Å². The van der Waals surface area contributed by atoms with E-state index in [-0.39, 0.29) is 30.2 Å². The number of hydrogen-bond acceptors (Lipinski definition) is 4. The van der Waals surface area contributed by atoms with Crippen molar-refractivity contribution < 1.29 is 23.5 Å². The molecule has 2 atom stereocenters. The summed E-state index contributed by atoms with van der Waals surface area (Å²) in [6.45, 7) is 6.54. The van der Waals surface area contributed by atoms with Crippen LogP contribution < -0.4 is 20.7 Å². The first-order valence-corrected chi connectivity index (χ1v) is 11.1. The van der Waals surface area contributed by atoms with Crippen molar-refractivity contribution in [2.75, 3.05) is 18.5 Å². The summed E-state index contributed by atoms with van der Waals surface area (Å²) in [5.74, 6) is -1.28. The zero-order valence-electron chi connectivity index (χ0n) is 19.0. The van der Waals surface area contributed by atoms with E-state index < -0.39 is 23.7 Å². The summed E-state index contributed by atoms with van der Waals surface area (Å²) < 4.78 is 20.2. The summed E-state index contributed by atoms with van der Waals surface area (Å²) in [6.07, 6.45) is 0.795. The van der Waals surface area contributed by atoms with Crippen LogP contribution in [-0.2, 0) is 26.2 Å². The van der Waals surface area contributed by atoms with Gasteiger partial charge in [0.1, 0.15) is 17.6 Å². The van der Waals surface area contributed by atoms with Gasteiger partial charge in [-0.05, 0) is 46.4 Å². The molecule has 4 rings (SSSR count). The topological polar surface area (TPSA) is 96.5 Å². The minimum atomic E-state index is -1.01. The molecular formula is C25H28FN3O4. The molecule has 2 aromatic carbocycles. The number of fused-ring (bicyclic) bond motifs is 1. The maximum Gasteiger partial charge on any atom is 0.251 e. The van der Waals surface area contributed by atoms with Gasteiger partial charge < -0.3 is 20.7 Å². The van der Waals surface area contributed by atoms with E-state index >= 15 is 0 Å². The summed E-state index contributed by atoms with van der Waals surface area (Å²) in [7, 11) is 0. The normalized spacial score (nSPS) is 18.2. The summed E-state index contributed by atoms with van der Waals surface area (Å²) in [6, 6.07) is 8.93. The predicted molar refractivity (Wildman–Crippen MR) is 121 cm³/mol. The monoisotopic (exact) mass is 453 g/mol. The van der Waals surface area contributed by atoms with E-state index in [1.165, 1.54) is 6.07 Å². The molecule has 2 aliphatic heterocycles. The van der Waals surface area contributed by atoms with Crippen LogP contribution in [0.2, 0.25) is 0 Å². The van der Waals surface area contributed by atoms with Gasteiger partial charge in [-0.2, -0.15) is 0 Å². The third-order valence-corrected chi connectivity index (χ3v) is 5.99. The number of nitrogens with one attached hydrogen (secondary N) is 3. The molecule has 0 aromatic heterocycles. The predicted octanol–water partition coefficient (Wildman–Crippen LogP) is 2.99. The van der Waals surface area contributed by atoms with Gasteiger partial charge in [-0.1, -0.05) is 32.9 Å². The van der Waals surface area contributed by atoms with Crippen LogP contribution in [-0.4, -0.2) is 30.9 Å². The van der Waals surface area contributed by atoms with Gasteiger partial charge >= 0.3 is 0 Å². The zero-order chi connectivity index (χ0) is 23.8. The number of hydrogen-bond donors (Lipinski definition) is 3. The Morgan fingerprint density at radius 3 is 2.64 bits per heavy atom. The van der Waals surface area contributed by atoms with Crippen LogP contribution in [0.3, 0.4) is 0 Å².